The van der Waals surface area contributed by atoms with E-state index >= 15 is 0 Å². The van der Waals surface area contributed by atoms with Crippen molar-refractivity contribution < 1.29 is 4.79 Å². The van der Waals surface area contributed by atoms with E-state index in [-0.39, 0.29) is 11.9 Å². The van der Waals surface area contributed by atoms with Gasteiger partial charge in [0.25, 0.3) is 0 Å². The van der Waals surface area contributed by atoms with Gasteiger partial charge in [0.2, 0.25) is 5.91 Å². The zero-order valence-corrected chi connectivity index (χ0v) is 11.4. The number of hydrogen-bond acceptors (Lipinski definition) is 4. The second-order valence-electron chi connectivity index (χ2n) is 5.72. The van der Waals surface area contributed by atoms with E-state index in [1.807, 2.05) is 6.92 Å². The predicted molar refractivity (Wildman–Crippen MR) is 72.7 cm³/mol. The molecule has 2 aliphatic rings. The third-order valence-corrected chi connectivity index (χ3v) is 5.06. The molecule has 0 aliphatic heterocycles. The van der Waals surface area contributed by atoms with Crippen LogP contribution < -0.4 is 11.1 Å². The molecule has 1 amide bonds. The fourth-order valence-electron chi connectivity index (χ4n) is 2.63. The summed E-state index contributed by atoms with van der Waals surface area (Å²) in [6, 6.07) is -0.0274. The zero-order valence-electron chi connectivity index (χ0n) is 10.6. The van der Waals surface area contributed by atoms with Crippen LogP contribution in [0.4, 0.5) is 5.13 Å². The van der Waals surface area contributed by atoms with Crippen LogP contribution in [-0.4, -0.2) is 16.9 Å². The number of hydrogen-bond donors (Lipinski definition) is 2. The van der Waals surface area contributed by atoms with E-state index in [0.717, 1.165) is 30.1 Å². The fraction of sp³-hybridized carbons (Fsp3) is 0.692. The number of carbonyl (C=O) groups excluding carboxylic acids is 1. The zero-order chi connectivity index (χ0) is 12.8. The van der Waals surface area contributed by atoms with Crippen molar-refractivity contribution in [3.05, 3.63) is 11.1 Å². The summed E-state index contributed by atoms with van der Waals surface area (Å²) in [5.41, 5.74) is 6.76. The van der Waals surface area contributed by atoms with Gasteiger partial charge in [-0.25, -0.2) is 4.98 Å². The molecule has 2 unspecified atom stereocenters. The molecule has 4 nitrogen and oxygen atoms in total. The molecule has 98 valence electrons. The van der Waals surface area contributed by atoms with Crippen molar-refractivity contribution in [2.75, 3.05) is 5.32 Å². The summed E-state index contributed by atoms with van der Waals surface area (Å²) in [6.07, 6.45) is 5.33. The molecule has 2 saturated carbocycles. The Morgan fingerprint density at radius 2 is 2.33 bits per heavy atom. The summed E-state index contributed by atoms with van der Waals surface area (Å²) in [6.45, 7) is 1.97. The van der Waals surface area contributed by atoms with E-state index in [0.29, 0.717) is 5.92 Å². The lowest BCUT2D eigenvalue weighted by molar-refractivity contribution is -0.125. The first-order valence-electron chi connectivity index (χ1n) is 6.62. The van der Waals surface area contributed by atoms with Gasteiger partial charge in [0.15, 0.2) is 5.13 Å². The van der Waals surface area contributed by atoms with Crippen molar-refractivity contribution in [3.63, 3.8) is 0 Å². The summed E-state index contributed by atoms with van der Waals surface area (Å²) in [7, 11) is 0. The van der Waals surface area contributed by atoms with Gasteiger partial charge in [0.05, 0.1) is 11.1 Å². The van der Waals surface area contributed by atoms with Crippen molar-refractivity contribution in [1.29, 1.82) is 0 Å². The van der Waals surface area contributed by atoms with Crippen molar-refractivity contribution in [2.45, 2.75) is 51.0 Å². The maximum Gasteiger partial charge on any atom is 0.233 e. The Hall–Kier alpha value is -0.940. The Bertz CT molecular complexity index is 469. The van der Waals surface area contributed by atoms with E-state index in [1.54, 1.807) is 0 Å². The van der Waals surface area contributed by atoms with Crippen LogP contribution in [0.15, 0.2) is 5.38 Å². The number of amides is 1. The number of thiazole rings is 1. The van der Waals surface area contributed by atoms with Gasteiger partial charge in [0, 0.05) is 17.3 Å². The normalized spacial score (nSPS) is 31.6. The number of anilines is 1. The van der Waals surface area contributed by atoms with Gasteiger partial charge < -0.3 is 11.1 Å². The molecule has 1 aromatic rings. The monoisotopic (exact) mass is 265 g/mol. The van der Waals surface area contributed by atoms with Crippen LogP contribution in [0.2, 0.25) is 0 Å². The third-order valence-electron chi connectivity index (χ3n) is 4.29. The van der Waals surface area contributed by atoms with Crippen LogP contribution in [0, 0.1) is 5.41 Å². The molecule has 2 fully saturated rings. The minimum atomic E-state index is -0.425. The van der Waals surface area contributed by atoms with Crippen LogP contribution in [-0.2, 0) is 4.79 Å². The Balaban J connectivity index is 1.69. The van der Waals surface area contributed by atoms with Crippen LogP contribution in [0.1, 0.15) is 50.6 Å². The highest BCUT2D eigenvalue weighted by Gasteiger charge is 2.43. The van der Waals surface area contributed by atoms with E-state index in [1.165, 1.54) is 24.2 Å². The standard InChI is InChI=1S/C13H19N3OS/c1-13(6-2-3-10(13)14)11(17)16-12-15-9(7-18-12)8-4-5-8/h7-8,10H,2-6,14H2,1H3,(H,15,16,17). The Morgan fingerprint density at radius 3 is 2.94 bits per heavy atom. The molecule has 3 rings (SSSR count). The topological polar surface area (TPSA) is 68.0 Å². The average Bonchev–Trinajstić information content (AvgIpc) is 3.00. The Labute approximate surface area is 111 Å². The molecule has 0 saturated heterocycles. The SMILES string of the molecule is CC1(C(=O)Nc2nc(C3CC3)cs2)CCCC1N. The third kappa shape index (κ3) is 2.06. The van der Waals surface area contributed by atoms with Gasteiger partial charge in [0.1, 0.15) is 0 Å². The molecule has 1 heterocycles. The highest BCUT2D eigenvalue weighted by molar-refractivity contribution is 7.13. The minimum Gasteiger partial charge on any atom is -0.327 e. The highest BCUT2D eigenvalue weighted by Crippen LogP contribution is 2.41. The molecule has 1 aromatic heterocycles. The summed E-state index contributed by atoms with van der Waals surface area (Å²) in [4.78, 5) is 16.8. The number of carbonyl (C=O) groups is 1. The van der Waals surface area contributed by atoms with Crippen LogP contribution >= 0.6 is 11.3 Å². The molecular formula is C13H19N3OS. The first kappa shape index (κ1) is 12.1. The maximum absolute atomic E-state index is 12.3. The van der Waals surface area contributed by atoms with E-state index in [9.17, 15) is 4.79 Å². The van der Waals surface area contributed by atoms with Crippen molar-refractivity contribution in [3.8, 4) is 0 Å². The van der Waals surface area contributed by atoms with Crippen LogP contribution in [0.3, 0.4) is 0 Å². The van der Waals surface area contributed by atoms with Crippen LogP contribution in [0.25, 0.3) is 0 Å². The molecule has 2 atom stereocenters. The first-order chi connectivity index (χ1) is 8.59. The number of nitrogens with one attached hydrogen (secondary N) is 1. The van der Waals surface area contributed by atoms with Crippen molar-refractivity contribution in [1.82, 2.24) is 4.98 Å². The summed E-state index contributed by atoms with van der Waals surface area (Å²) in [5, 5.41) is 5.73. The maximum atomic E-state index is 12.3. The summed E-state index contributed by atoms with van der Waals surface area (Å²) < 4.78 is 0. The van der Waals surface area contributed by atoms with Crippen molar-refractivity contribution in [2.24, 2.45) is 11.1 Å². The predicted octanol–water partition coefficient (Wildman–Crippen LogP) is 2.48. The van der Waals surface area contributed by atoms with Crippen LogP contribution in [0.5, 0.6) is 0 Å². The fourth-order valence-corrected chi connectivity index (χ4v) is 3.41. The molecule has 18 heavy (non-hydrogen) atoms. The lowest BCUT2D eigenvalue weighted by Crippen LogP contribution is -2.44. The van der Waals surface area contributed by atoms with Gasteiger partial charge in [-0.05, 0) is 32.6 Å². The molecule has 0 bridgehead atoms. The molecular weight excluding hydrogens is 246 g/mol. The summed E-state index contributed by atoms with van der Waals surface area (Å²) in [5.74, 6) is 0.667. The molecule has 5 heteroatoms. The van der Waals surface area contributed by atoms with Gasteiger partial charge in [-0.2, -0.15) is 0 Å². The molecule has 0 aromatic carbocycles. The molecule has 0 radical (unpaired) electrons. The highest BCUT2D eigenvalue weighted by atomic mass is 32.1. The molecule has 2 aliphatic carbocycles. The lowest BCUT2D eigenvalue weighted by Gasteiger charge is -2.26. The molecule has 0 spiro atoms. The van der Waals surface area contributed by atoms with E-state index < -0.39 is 5.41 Å². The smallest absolute Gasteiger partial charge is 0.233 e. The number of nitrogens with zero attached hydrogens (tertiary/aromatic N) is 1. The minimum absolute atomic E-state index is 0.0274. The number of aromatic nitrogens is 1. The van der Waals surface area contributed by atoms with Gasteiger partial charge in [-0.15, -0.1) is 11.3 Å². The van der Waals surface area contributed by atoms with E-state index in [4.69, 9.17) is 5.73 Å². The number of nitrogens with two attached hydrogens (primary N) is 1. The first-order valence-corrected chi connectivity index (χ1v) is 7.50. The average molecular weight is 265 g/mol. The second-order valence-corrected chi connectivity index (χ2v) is 6.58. The van der Waals surface area contributed by atoms with Gasteiger partial charge >= 0.3 is 0 Å². The second kappa shape index (κ2) is 4.31. The van der Waals surface area contributed by atoms with Gasteiger partial charge in [-0.1, -0.05) is 6.42 Å². The van der Waals surface area contributed by atoms with Crippen molar-refractivity contribution >= 4 is 22.4 Å². The Kier molecular flexibility index (Phi) is 2.90. The molecule has 3 N–H and O–H groups in total. The Morgan fingerprint density at radius 1 is 1.56 bits per heavy atom. The van der Waals surface area contributed by atoms with Gasteiger partial charge in [-0.3, -0.25) is 4.79 Å². The lowest BCUT2D eigenvalue weighted by atomic mass is 9.84. The number of rotatable bonds is 3. The van der Waals surface area contributed by atoms with E-state index in [2.05, 4.69) is 15.7 Å². The largest absolute Gasteiger partial charge is 0.327 e. The summed E-state index contributed by atoms with van der Waals surface area (Å²) >= 11 is 1.52. The quantitative estimate of drug-likeness (QED) is 0.882.